The topological polar surface area (TPSA) is 24.4 Å². The average molecular weight is 305 g/mol. The van der Waals surface area contributed by atoms with E-state index in [0.717, 1.165) is 17.0 Å². The number of nitrogens with one attached hydrogen (secondary N) is 1. The number of hydrazone groups is 1. The van der Waals surface area contributed by atoms with Crippen LogP contribution in [0, 0.1) is 0 Å². The normalized spacial score (nSPS) is 11.8. The van der Waals surface area contributed by atoms with E-state index in [2.05, 4.69) is 10.5 Å². The Balaban J connectivity index is 2.00. The molecule has 0 aliphatic rings. The molecule has 0 heterocycles. The Morgan fingerprint density at radius 1 is 1.05 bits per heavy atom. The summed E-state index contributed by atoms with van der Waals surface area (Å²) in [4.78, 5) is 0. The van der Waals surface area contributed by atoms with Gasteiger partial charge in [0, 0.05) is 0 Å². The van der Waals surface area contributed by atoms with E-state index in [1.165, 1.54) is 0 Å². The summed E-state index contributed by atoms with van der Waals surface area (Å²) >= 11 is 11.8. The first-order valence-corrected chi connectivity index (χ1v) is 6.89. The number of anilines is 1. The van der Waals surface area contributed by atoms with E-state index < -0.39 is 0 Å². The Kier molecular flexibility index (Phi) is 5.22. The van der Waals surface area contributed by atoms with Crippen molar-refractivity contribution in [3.63, 3.8) is 0 Å². The van der Waals surface area contributed by atoms with Crippen LogP contribution in [0.25, 0.3) is 6.08 Å². The molecule has 102 valence electrons. The van der Waals surface area contributed by atoms with Gasteiger partial charge in [-0.3, -0.25) is 5.43 Å². The highest BCUT2D eigenvalue weighted by atomic mass is 35.5. The third-order valence-electron chi connectivity index (χ3n) is 2.60. The zero-order chi connectivity index (χ0) is 14.4. The Morgan fingerprint density at radius 2 is 1.80 bits per heavy atom. The number of halogens is 2. The van der Waals surface area contributed by atoms with Crippen LogP contribution in [0.15, 0.2) is 59.7 Å². The van der Waals surface area contributed by atoms with Gasteiger partial charge in [-0.1, -0.05) is 59.6 Å². The molecule has 0 radical (unpaired) electrons. The highest BCUT2D eigenvalue weighted by molar-refractivity contribution is 6.42. The van der Waals surface area contributed by atoms with Gasteiger partial charge in [-0.15, -0.1) is 0 Å². The fourth-order valence-electron chi connectivity index (χ4n) is 1.54. The summed E-state index contributed by atoms with van der Waals surface area (Å²) in [6.07, 6.45) is 3.95. The van der Waals surface area contributed by atoms with E-state index in [1.807, 2.05) is 55.5 Å². The molecule has 20 heavy (non-hydrogen) atoms. The summed E-state index contributed by atoms with van der Waals surface area (Å²) in [6.45, 7) is 1.92. The summed E-state index contributed by atoms with van der Waals surface area (Å²) in [7, 11) is 0. The summed E-state index contributed by atoms with van der Waals surface area (Å²) in [5.41, 5.74) is 5.74. The molecule has 0 unspecified atom stereocenters. The van der Waals surface area contributed by atoms with Gasteiger partial charge in [0.1, 0.15) is 0 Å². The van der Waals surface area contributed by atoms with E-state index in [0.29, 0.717) is 10.0 Å². The maximum atomic E-state index is 5.94. The maximum Gasteiger partial charge on any atom is 0.0613 e. The van der Waals surface area contributed by atoms with E-state index >= 15 is 0 Å². The Labute approximate surface area is 128 Å². The monoisotopic (exact) mass is 304 g/mol. The largest absolute Gasteiger partial charge is 0.278 e. The third-order valence-corrected chi connectivity index (χ3v) is 3.34. The van der Waals surface area contributed by atoms with Crippen LogP contribution in [0.4, 0.5) is 5.69 Å². The van der Waals surface area contributed by atoms with Gasteiger partial charge in [0.25, 0.3) is 0 Å². The van der Waals surface area contributed by atoms with Gasteiger partial charge in [-0.2, -0.15) is 5.10 Å². The molecule has 0 amide bonds. The van der Waals surface area contributed by atoms with Crippen LogP contribution in [0.1, 0.15) is 12.5 Å². The van der Waals surface area contributed by atoms with Gasteiger partial charge in [0.2, 0.25) is 0 Å². The zero-order valence-electron chi connectivity index (χ0n) is 11.0. The molecular weight excluding hydrogens is 291 g/mol. The molecular formula is C16H14Cl2N2. The first-order chi connectivity index (χ1) is 9.65. The lowest BCUT2D eigenvalue weighted by molar-refractivity contribution is 1.33. The summed E-state index contributed by atoms with van der Waals surface area (Å²) in [6, 6.07) is 15.4. The van der Waals surface area contributed by atoms with E-state index in [1.54, 1.807) is 12.1 Å². The summed E-state index contributed by atoms with van der Waals surface area (Å²) in [5, 5.41) is 5.29. The van der Waals surface area contributed by atoms with Crippen molar-refractivity contribution < 1.29 is 0 Å². The molecule has 0 bridgehead atoms. The first-order valence-electron chi connectivity index (χ1n) is 6.13. The van der Waals surface area contributed by atoms with Crippen LogP contribution < -0.4 is 5.43 Å². The molecule has 0 atom stereocenters. The third kappa shape index (κ3) is 4.41. The molecule has 1 N–H and O–H groups in total. The number of nitrogens with zero attached hydrogens (tertiary/aromatic N) is 1. The van der Waals surface area contributed by atoms with Gasteiger partial charge in [-0.25, -0.2) is 0 Å². The lowest BCUT2D eigenvalue weighted by Gasteiger charge is -2.02. The van der Waals surface area contributed by atoms with Gasteiger partial charge >= 0.3 is 0 Å². The second kappa shape index (κ2) is 7.13. The highest BCUT2D eigenvalue weighted by Crippen LogP contribution is 2.24. The van der Waals surface area contributed by atoms with Crippen molar-refractivity contribution in [3.05, 3.63) is 70.2 Å². The van der Waals surface area contributed by atoms with Gasteiger partial charge < -0.3 is 0 Å². The standard InChI is InChI=1S/C16H14Cl2N2/c1-12(7-8-13-5-3-2-4-6-13)19-20-14-9-10-15(17)16(18)11-14/h2-11,20H,1H3. The van der Waals surface area contributed by atoms with Gasteiger partial charge in [-0.05, 0) is 36.8 Å². The first kappa shape index (κ1) is 14.6. The molecule has 0 fully saturated rings. The van der Waals surface area contributed by atoms with E-state index in [9.17, 15) is 0 Å². The molecule has 0 aliphatic heterocycles. The highest BCUT2D eigenvalue weighted by Gasteiger charge is 1.98. The van der Waals surface area contributed by atoms with E-state index in [-0.39, 0.29) is 0 Å². The van der Waals surface area contributed by atoms with Gasteiger partial charge in [0.05, 0.1) is 21.4 Å². The molecule has 2 aromatic rings. The predicted molar refractivity (Wildman–Crippen MR) is 88.7 cm³/mol. The quantitative estimate of drug-likeness (QED) is 0.586. The van der Waals surface area contributed by atoms with Crippen LogP contribution in [0.3, 0.4) is 0 Å². The minimum atomic E-state index is 0.504. The molecule has 0 saturated carbocycles. The van der Waals surface area contributed by atoms with Crippen molar-refractivity contribution in [1.29, 1.82) is 0 Å². The van der Waals surface area contributed by atoms with Crippen LogP contribution >= 0.6 is 23.2 Å². The van der Waals surface area contributed by atoms with Gasteiger partial charge in [0.15, 0.2) is 0 Å². The lowest BCUT2D eigenvalue weighted by Crippen LogP contribution is -1.94. The Morgan fingerprint density at radius 3 is 2.50 bits per heavy atom. The molecule has 2 rings (SSSR count). The fourth-order valence-corrected chi connectivity index (χ4v) is 1.83. The SMILES string of the molecule is CC(C=Cc1ccccc1)=NNc1ccc(Cl)c(Cl)c1. The second-order valence-corrected chi connectivity index (χ2v) is 5.05. The van der Waals surface area contributed by atoms with Crippen molar-refractivity contribution in [3.8, 4) is 0 Å². The molecule has 0 spiro atoms. The Hall–Kier alpha value is -1.77. The lowest BCUT2D eigenvalue weighted by atomic mass is 10.2. The van der Waals surface area contributed by atoms with Crippen LogP contribution in [-0.2, 0) is 0 Å². The Bertz CT molecular complexity index is 634. The minimum Gasteiger partial charge on any atom is -0.278 e. The maximum absolute atomic E-state index is 5.94. The van der Waals surface area contributed by atoms with Crippen molar-refractivity contribution in [2.45, 2.75) is 6.92 Å². The summed E-state index contributed by atoms with van der Waals surface area (Å²) < 4.78 is 0. The zero-order valence-corrected chi connectivity index (χ0v) is 12.5. The second-order valence-electron chi connectivity index (χ2n) is 4.24. The molecule has 2 aromatic carbocycles. The van der Waals surface area contributed by atoms with Crippen LogP contribution in [0.2, 0.25) is 10.0 Å². The number of hydrogen-bond acceptors (Lipinski definition) is 2. The smallest absolute Gasteiger partial charge is 0.0613 e. The van der Waals surface area contributed by atoms with E-state index in [4.69, 9.17) is 23.2 Å². The average Bonchev–Trinajstić information content (AvgIpc) is 2.47. The van der Waals surface area contributed by atoms with Crippen molar-refractivity contribution in [1.82, 2.24) is 0 Å². The number of rotatable bonds is 4. The number of allylic oxidation sites excluding steroid dienone is 1. The molecule has 0 saturated heterocycles. The van der Waals surface area contributed by atoms with Crippen molar-refractivity contribution in [2.24, 2.45) is 5.10 Å². The van der Waals surface area contributed by atoms with Crippen molar-refractivity contribution in [2.75, 3.05) is 5.43 Å². The number of hydrogen-bond donors (Lipinski definition) is 1. The molecule has 0 aliphatic carbocycles. The minimum absolute atomic E-state index is 0.504. The van der Waals surface area contributed by atoms with Crippen molar-refractivity contribution >= 4 is 40.7 Å². The summed E-state index contributed by atoms with van der Waals surface area (Å²) in [5.74, 6) is 0. The fraction of sp³-hybridized carbons (Fsp3) is 0.0625. The molecule has 4 heteroatoms. The molecule has 2 nitrogen and oxygen atoms in total. The number of benzene rings is 2. The predicted octanol–water partition coefficient (Wildman–Crippen LogP) is 5.49. The van der Waals surface area contributed by atoms with Crippen LogP contribution in [0.5, 0.6) is 0 Å². The van der Waals surface area contributed by atoms with Crippen LogP contribution in [-0.4, -0.2) is 5.71 Å². The molecule has 0 aromatic heterocycles.